The Kier molecular flexibility index (Phi) is 6.54. The number of rotatable bonds is 7. The third-order valence-electron chi connectivity index (χ3n) is 5.79. The number of anilines is 1. The third kappa shape index (κ3) is 5.07. The van der Waals surface area contributed by atoms with E-state index in [1.807, 2.05) is 36.7 Å². The summed E-state index contributed by atoms with van der Waals surface area (Å²) >= 11 is 0. The van der Waals surface area contributed by atoms with Crippen molar-refractivity contribution in [3.63, 3.8) is 0 Å². The van der Waals surface area contributed by atoms with Crippen molar-refractivity contribution < 1.29 is 4.79 Å². The number of aryl methyl sites for hydroxylation is 1. The summed E-state index contributed by atoms with van der Waals surface area (Å²) < 4.78 is 1.87. The molecule has 1 N–H and O–H groups in total. The van der Waals surface area contributed by atoms with Crippen LogP contribution in [-0.4, -0.2) is 43.7 Å². The Morgan fingerprint density at radius 2 is 1.94 bits per heavy atom. The summed E-state index contributed by atoms with van der Waals surface area (Å²) in [5.74, 6) is 1.74. The van der Waals surface area contributed by atoms with E-state index in [1.165, 1.54) is 19.3 Å². The molecule has 1 amide bonds. The fourth-order valence-corrected chi connectivity index (χ4v) is 4.04. The standard InChI is InChI=1S/C23H29N7O/c1-17-20(8-9-23(31)25-15-19-7-6-10-24-14-19)18(2)30(28-17)22-13-21(26-16-27-22)29-11-4-3-5-12-29/h6-7,10,13-14,16H,3-5,8-9,11-12,15H2,1-2H3,(H,25,31). The minimum absolute atomic E-state index is 0.0184. The maximum absolute atomic E-state index is 12.3. The molecule has 0 bridgehead atoms. The van der Waals surface area contributed by atoms with Gasteiger partial charge in [0.25, 0.3) is 0 Å². The predicted molar refractivity (Wildman–Crippen MR) is 119 cm³/mol. The fraction of sp³-hybridized carbons (Fsp3) is 0.435. The molecule has 0 spiro atoms. The summed E-state index contributed by atoms with van der Waals surface area (Å²) in [7, 11) is 0. The fourth-order valence-electron chi connectivity index (χ4n) is 4.04. The molecule has 0 aliphatic carbocycles. The van der Waals surface area contributed by atoms with Gasteiger partial charge >= 0.3 is 0 Å². The molecular weight excluding hydrogens is 390 g/mol. The van der Waals surface area contributed by atoms with Gasteiger partial charge in [-0.3, -0.25) is 9.78 Å². The Morgan fingerprint density at radius 3 is 2.71 bits per heavy atom. The smallest absolute Gasteiger partial charge is 0.220 e. The molecular formula is C23H29N7O. The number of hydrogen-bond donors (Lipinski definition) is 1. The molecule has 0 unspecified atom stereocenters. The van der Waals surface area contributed by atoms with Crippen LogP contribution in [0.3, 0.4) is 0 Å². The van der Waals surface area contributed by atoms with Crippen molar-refractivity contribution >= 4 is 11.7 Å². The summed E-state index contributed by atoms with van der Waals surface area (Å²) in [5.41, 5.74) is 4.02. The van der Waals surface area contributed by atoms with Crippen LogP contribution in [0.25, 0.3) is 5.82 Å². The van der Waals surface area contributed by atoms with Gasteiger partial charge in [-0.25, -0.2) is 14.6 Å². The summed E-state index contributed by atoms with van der Waals surface area (Å²) in [6.45, 7) is 6.58. The predicted octanol–water partition coefficient (Wildman–Crippen LogP) is 2.91. The van der Waals surface area contributed by atoms with Crippen molar-refractivity contribution in [2.45, 2.75) is 52.5 Å². The molecule has 3 aromatic rings. The van der Waals surface area contributed by atoms with Crippen LogP contribution >= 0.6 is 0 Å². The first-order chi connectivity index (χ1) is 15.1. The first kappa shape index (κ1) is 21.0. The second-order valence-corrected chi connectivity index (χ2v) is 7.98. The second-order valence-electron chi connectivity index (χ2n) is 7.98. The topological polar surface area (TPSA) is 88.8 Å². The lowest BCUT2D eigenvalue weighted by atomic mass is 10.1. The van der Waals surface area contributed by atoms with Gasteiger partial charge in [0, 0.05) is 50.2 Å². The van der Waals surface area contributed by atoms with Gasteiger partial charge in [-0.05, 0) is 56.7 Å². The molecule has 8 nitrogen and oxygen atoms in total. The van der Waals surface area contributed by atoms with E-state index in [2.05, 4.69) is 25.2 Å². The zero-order valence-electron chi connectivity index (χ0n) is 18.2. The zero-order valence-corrected chi connectivity index (χ0v) is 18.2. The maximum Gasteiger partial charge on any atom is 0.220 e. The monoisotopic (exact) mass is 419 g/mol. The van der Waals surface area contributed by atoms with Crippen molar-refractivity contribution in [3.8, 4) is 5.82 Å². The van der Waals surface area contributed by atoms with Crippen LogP contribution in [0.1, 0.15) is 48.2 Å². The van der Waals surface area contributed by atoms with Gasteiger partial charge in [0.15, 0.2) is 5.82 Å². The van der Waals surface area contributed by atoms with Gasteiger partial charge in [0.2, 0.25) is 5.91 Å². The highest BCUT2D eigenvalue weighted by atomic mass is 16.1. The van der Waals surface area contributed by atoms with Crippen LogP contribution in [0.2, 0.25) is 0 Å². The van der Waals surface area contributed by atoms with Crippen molar-refractivity contribution in [2.24, 2.45) is 0 Å². The van der Waals surface area contributed by atoms with E-state index in [9.17, 15) is 4.79 Å². The van der Waals surface area contributed by atoms with Crippen LogP contribution in [0.5, 0.6) is 0 Å². The van der Waals surface area contributed by atoms with Crippen LogP contribution in [0.4, 0.5) is 5.82 Å². The molecule has 3 aromatic heterocycles. The van der Waals surface area contributed by atoms with E-state index in [0.29, 0.717) is 19.4 Å². The molecule has 1 fully saturated rings. The third-order valence-corrected chi connectivity index (χ3v) is 5.79. The largest absolute Gasteiger partial charge is 0.356 e. The summed E-state index contributed by atoms with van der Waals surface area (Å²) in [6.07, 6.45) is 9.84. The Bertz CT molecular complexity index is 1030. The number of amides is 1. The van der Waals surface area contributed by atoms with Gasteiger partial charge in [-0.1, -0.05) is 6.07 Å². The molecule has 0 radical (unpaired) electrons. The van der Waals surface area contributed by atoms with Crippen LogP contribution < -0.4 is 10.2 Å². The second kappa shape index (κ2) is 9.68. The molecule has 4 rings (SSSR count). The van der Waals surface area contributed by atoms with Gasteiger partial charge in [0.1, 0.15) is 12.1 Å². The number of carbonyl (C=O) groups excluding carboxylic acids is 1. The first-order valence-electron chi connectivity index (χ1n) is 10.9. The van der Waals surface area contributed by atoms with Gasteiger partial charge < -0.3 is 10.2 Å². The lowest BCUT2D eigenvalue weighted by Crippen LogP contribution is -2.30. The quantitative estimate of drug-likeness (QED) is 0.633. The van der Waals surface area contributed by atoms with E-state index in [-0.39, 0.29) is 5.91 Å². The maximum atomic E-state index is 12.3. The lowest BCUT2D eigenvalue weighted by Gasteiger charge is -2.27. The summed E-state index contributed by atoms with van der Waals surface area (Å²) in [4.78, 5) is 27.6. The molecule has 1 saturated heterocycles. The van der Waals surface area contributed by atoms with E-state index in [4.69, 9.17) is 5.10 Å². The SMILES string of the molecule is Cc1nn(-c2cc(N3CCCCC3)ncn2)c(C)c1CCC(=O)NCc1cccnc1. The number of hydrogen-bond acceptors (Lipinski definition) is 6. The van der Waals surface area contributed by atoms with Crippen molar-refractivity contribution in [2.75, 3.05) is 18.0 Å². The molecule has 162 valence electrons. The van der Waals surface area contributed by atoms with E-state index < -0.39 is 0 Å². The van der Waals surface area contributed by atoms with Crippen molar-refractivity contribution in [1.82, 2.24) is 30.0 Å². The molecule has 0 saturated carbocycles. The Labute approximate surface area is 182 Å². The number of nitrogens with zero attached hydrogens (tertiary/aromatic N) is 6. The van der Waals surface area contributed by atoms with Crippen LogP contribution in [0.15, 0.2) is 36.9 Å². The highest BCUT2D eigenvalue weighted by Gasteiger charge is 2.17. The van der Waals surface area contributed by atoms with Gasteiger partial charge in [-0.2, -0.15) is 5.10 Å². The van der Waals surface area contributed by atoms with E-state index in [0.717, 1.165) is 47.2 Å². The molecule has 31 heavy (non-hydrogen) atoms. The Balaban J connectivity index is 1.42. The first-order valence-corrected chi connectivity index (χ1v) is 10.9. The number of carbonyl (C=O) groups is 1. The number of piperidine rings is 1. The van der Waals surface area contributed by atoms with E-state index >= 15 is 0 Å². The van der Waals surface area contributed by atoms with Crippen LogP contribution in [0, 0.1) is 13.8 Å². The molecule has 0 aromatic carbocycles. The van der Waals surface area contributed by atoms with Crippen LogP contribution in [-0.2, 0) is 17.8 Å². The van der Waals surface area contributed by atoms with Gasteiger partial charge in [0.05, 0.1) is 5.69 Å². The number of nitrogens with one attached hydrogen (secondary N) is 1. The molecule has 1 aliphatic heterocycles. The zero-order chi connectivity index (χ0) is 21.6. The number of pyridine rings is 1. The number of aromatic nitrogens is 5. The molecule has 8 heteroatoms. The highest BCUT2D eigenvalue weighted by Crippen LogP contribution is 2.22. The Hall–Kier alpha value is -3.29. The highest BCUT2D eigenvalue weighted by molar-refractivity contribution is 5.76. The summed E-state index contributed by atoms with van der Waals surface area (Å²) in [6, 6.07) is 5.83. The Morgan fingerprint density at radius 1 is 1.13 bits per heavy atom. The minimum atomic E-state index is 0.0184. The van der Waals surface area contributed by atoms with Crippen molar-refractivity contribution in [1.29, 1.82) is 0 Å². The van der Waals surface area contributed by atoms with Gasteiger partial charge in [-0.15, -0.1) is 0 Å². The average Bonchev–Trinajstić information content (AvgIpc) is 3.11. The molecule has 0 atom stereocenters. The average molecular weight is 420 g/mol. The normalized spacial score (nSPS) is 13.9. The molecule has 1 aliphatic rings. The summed E-state index contributed by atoms with van der Waals surface area (Å²) in [5, 5.41) is 7.66. The van der Waals surface area contributed by atoms with E-state index in [1.54, 1.807) is 18.7 Å². The minimum Gasteiger partial charge on any atom is -0.356 e. The lowest BCUT2D eigenvalue weighted by molar-refractivity contribution is -0.121. The van der Waals surface area contributed by atoms with Crippen molar-refractivity contribution in [3.05, 3.63) is 59.4 Å². The molecule has 4 heterocycles.